The Bertz CT molecular complexity index is 288. The van der Waals surface area contributed by atoms with Gasteiger partial charge in [-0.05, 0) is 32.0 Å². The van der Waals surface area contributed by atoms with Gasteiger partial charge < -0.3 is 10.2 Å². The van der Waals surface area contributed by atoms with Crippen LogP contribution in [-0.4, -0.2) is 18.0 Å². The Kier molecular flexibility index (Phi) is 6.97. The highest BCUT2D eigenvalue weighted by Crippen LogP contribution is 2.11. The lowest BCUT2D eigenvalue weighted by Crippen LogP contribution is -2.25. The summed E-state index contributed by atoms with van der Waals surface area (Å²) in [5.41, 5.74) is 6.67. The third-order valence-corrected chi connectivity index (χ3v) is 2.98. The van der Waals surface area contributed by atoms with Crippen LogP contribution in [0.1, 0.15) is 50.9 Å². The van der Waals surface area contributed by atoms with Gasteiger partial charge in [0.1, 0.15) is 5.76 Å². The highest BCUT2D eigenvalue weighted by molar-refractivity contribution is 5.12. The van der Waals surface area contributed by atoms with Crippen LogP contribution in [0.3, 0.4) is 0 Å². The summed E-state index contributed by atoms with van der Waals surface area (Å²) in [4.78, 5) is 2.48. The second kappa shape index (κ2) is 8.31. The normalized spacial score (nSPS) is 11.3. The molecule has 0 saturated carbocycles. The molecule has 0 radical (unpaired) electrons. The van der Waals surface area contributed by atoms with Crippen LogP contribution in [0.4, 0.5) is 0 Å². The Morgan fingerprint density at radius 2 is 1.82 bits per heavy atom. The van der Waals surface area contributed by atoms with Crippen molar-refractivity contribution in [3.63, 3.8) is 0 Å². The van der Waals surface area contributed by atoms with Crippen molar-refractivity contribution in [3.05, 3.63) is 23.7 Å². The number of nitrogens with zero attached hydrogens (tertiary/aromatic N) is 1. The zero-order valence-corrected chi connectivity index (χ0v) is 11.2. The molecule has 0 atom stereocenters. The van der Waals surface area contributed by atoms with Gasteiger partial charge in [-0.25, -0.2) is 0 Å². The molecule has 3 heteroatoms. The van der Waals surface area contributed by atoms with Gasteiger partial charge in [0.25, 0.3) is 0 Å². The molecule has 2 N–H and O–H groups in total. The standard InChI is InChI=1S/C14H26N2O/c1-3-5-7-16(8-6-4-2)11-14-9-13(10-15)12-17-14/h9,12H,3-8,10-11,15H2,1-2H3. The minimum atomic E-state index is 0.563. The molecule has 1 heterocycles. The van der Waals surface area contributed by atoms with Crippen LogP contribution in [0, 0.1) is 0 Å². The van der Waals surface area contributed by atoms with E-state index in [1.807, 2.05) is 0 Å². The molecular weight excluding hydrogens is 212 g/mol. The van der Waals surface area contributed by atoms with Gasteiger partial charge in [0.2, 0.25) is 0 Å². The fraction of sp³-hybridized carbons (Fsp3) is 0.714. The van der Waals surface area contributed by atoms with Crippen molar-refractivity contribution in [2.75, 3.05) is 13.1 Å². The van der Waals surface area contributed by atoms with Crippen molar-refractivity contribution in [2.45, 2.75) is 52.6 Å². The second-order valence-electron chi connectivity index (χ2n) is 4.61. The molecule has 0 aromatic carbocycles. The number of nitrogens with two attached hydrogens (primary N) is 1. The van der Waals surface area contributed by atoms with Crippen molar-refractivity contribution in [3.8, 4) is 0 Å². The lowest BCUT2D eigenvalue weighted by Gasteiger charge is -2.20. The highest BCUT2D eigenvalue weighted by atomic mass is 16.3. The third kappa shape index (κ3) is 5.37. The number of furan rings is 1. The van der Waals surface area contributed by atoms with E-state index in [2.05, 4.69) is 24.8 Å². The van der Waals surface area contributed by atoms with E-state index in [1.54, 1.807) is 6.26 Å². The summed E-state index contributed by atoms with van der Waals surface area (Å²) in [6.45, 7) is 8.27. The van der Waals surface area contributed by atoms with Gasteiger partial charge in [-0.1, -0.05) is 26.7 Å². The van der Waals surface area contributed by atoms with Crippen molar-refractivity contribution in [2.24, 2.45) is 5.73 Å². The first-order valence-electron chi connectivity index (χ1n) is 6.78. The fourth-order valence-corrected chi connectivity index (χ4v) is 1.87. The third-order valence-electron chi connectivity index (χ3n) is 2.98. The van der Waals surface area contributed by atoms with E-state index in [9.17, 15) is 0 Å². The predicted octanol–water partition coefficient (Wildman–Crippen LogP) is 3.14. The van der Waals surface area contributed by atoms with Gasteiger partial charge in [-0.3, -0.25) is 4.90 Å². The average Bonchev–Trinajstić information content (AvgIpc) is 2.80. The molecule has 1 aromatic heterocycles. The minimum Gasteiger partial charge on any atom is -0.468 e. The molecule has 0 saturated heterocycles. The van der Waals surface area contributed by atoms with Crippen LogP contribution in [0.2, 0.25) is 0 Å². The molecule has 0 spiro atoms. The Morgan fingerprint density at radius 1 is 1.18 bits per heavy atom. The number of rotatable bonds is 9. The van der Waals surface area contributed by atoms with E-state index in [0.717, 1.165) is 31.0 Å². The van der Waals surface area contributed by atoms with Crippen molar-refractivity contribution < 1.29 is 4.42 Å². The van der Waals surface area contributed by atoms with Gasteiger partial charge in [0, 0.05) is 12.1 Å². The minimum absolute atomic E-state index is 0.563. The van der Waals surface area contributed by atoms with Gasteiger partial charge in [0.05, 0.1) is 12.8 Å². The van der Waals surface area contributed by atoms with Gasteiger partial charge in [-0.2, -0.15) is 0 Å². The van der Waals surface area contributed by atoms with Crippen molar-refractivity contribution in [1.29, 1.82) is 0 Å². The first-order valence-corrected chi connectivity index (χ1v) is 6.78. The van der Waals surface area contributed by atoms with E-state index in [0.29, 0.717) is 6.54 Å². The van der Waals surface area contributed by atoms with Gasteiger partial charge in [0.15, 0.2) is 0 Å². The molecule has 3 nitrogen and oxygen atoms in total. The lowest BCUT2D eigenvalue weighted by molar-refractivity contribution is 0.237. The van der Waals surface area contributed by atoms with E-state index < -0.39 is 0 Å². The number of hydrogen-bond acceptors (Lipinski definition) is 3. The van der Waals surface area contributed by atoms with E-state index >= 15 is 0 Å². The molecule has 0 aliphatic heterocycles. The first kappa shape index (κ1) is 14.3. The molecule has 98 valence electrons. The van der Waals surface area contributed by atoms with E-state index in [1.165, 1.54) is 25.7 Å². The summed E-state index contributed by atoms with van der Waals surface area (Å²) in [6.07, 6.45) is 6.78. The van der Waals surface area contributed by atoms with Crippen LogP contribution in [0.25, 0.3) is 0 Å². The smallest absolute Gasteiger partial charge is 0.118 e. The molecule has 1 rings (SSSR count). The average molecular weight is 238 g/mol. The van der Waals surface area contributed by atoms with E-state index in [-0.39, 0.29) is 0 Å². The van der Waals surface area contributed by atoms with Crippen molar-refractivity contribution in [1.82, 2.24) is 4.90 Å². The zero-order valence-electron chi connectivity index (χ0n) is 11.2. The maximum Gasteiger partial charge on any atom is 0.118 e. The summed E-state index contributed by atoms with van der Waals surface area (Å²) in [7, 11) is 0. The highest BCUT2D eigenvalue weighted by Gasteiger charge is 2.08. The molecule has 0 aliphatic carbocycles. The predicted molar refractivity (Wildman–Crippen MR) is 71.7 cm³/mol. The Balaban J connectivity index is 2.45. The molecule has 1 aromatic rings. The number of unbranched alkanes of at least 4 members (excludes halogenated alkanes) is 2. The molecule has 0 fully saturated rings. The summed E-state index contributed by atoms with van der Waals surface area (Å²) >= 11 is 0. The topological polar surface area (TPSA) is 42.4 Å². The van der Waals surface area contributed by atoms with Gasteiger partial charge >= 0.3 is 0 Å². The molecule has 0 unspecified atom stereocenters. The van der Waals surface area contributed by atoms with Crippen LogP contribution in [0.15, 0.2) is 16.7 Å². The Morgan fingerprint density at radius 3 is 2.29 bits per heavy atom. The quantitative estimate of drug-likeness (QED) is 0.718. The van der Waals surface area contributed by atoms with Crippen LogP contribution in [-0.2, 0) is 13.1 Å². The zero-order chi connectivity index (χ0) is 12.5. The van der Waals surface area contributed by atoms with Gasteiger partial charge in [-0.15, -0.1) is 0 Å². The number of hydrogen-bond donors (Lipinski definition) is 1. The lowest BCUT2D eigenvalue weighted by atomic mass is 10.2. The van der Waals surface area contributed by atoms with Crippen LogP contribution < -0.4 is 5.73 Å². The molecule has 0 amide bonds. The second-order valence-corrected chi connectivity index (χ2v) is 4.61. The van der Waals surface area contributed by atoms with E-state index in [4.69, 9.17) is 10.2 Å². The summed E-state index contributed by atoms with van der Waals surface area (Å²) in [5, 5.41) is 0. The molecule has 0 aliphatic rings. The summed E-state index contributed by atoms with van der Waals surface area (Å²) in [6, 6.07) is 2.07. The SMILES string of the molecule is CCCCN(CCCC)Cc1cc(CN)co1. The Hall–Kier alpha value is -0.800. The largest absolute Gasteiger partial charge is 0.468 e. The summed E-state index contributed by atoms with van der Waals surface area (Å²) < 4.78 is 5.52. The van der Waals surface area contributed by atoms with Crippen LogP contribution >= 0.6 is 0 Å². The van der Waals surface area contributed by atoms with Crippen molar-refractivity contribution >= 4 is 0 Å². The molecule has 17 heavy (non-hydrogen) atoms. The molecular formula is C14H26N2O. The Labute approximate surface area is 105 Å². The maximum absolute atomic E-state index is 5.58. The fourth-order valence-electron chi connectivity index (χ4n) is 1.87. The first-order chi connectivity index (χ1) is 8.30. The summed E-state index contributed by atoms with van der Waals surface area (Å²) in [5.74, 6) is 1.04. The van der Waals surface area contributed by atoms with Crippen LogP contribution in [0.5, 0.6) is 0 Å². The molecule has 0 bridgehead atoms. The maximum atomic E-state index is 5.58. The monoisotopic (exact) mass is 238 g/mol.